The van der Waals surface area contributed by atoms with Gasteiger partial charge in [-0.25, -0.2) is 0 Å². The lowest BCUT2D eigenvalue weighted by Gasteiger charge is -2.06. The normalized spacial score (nSPS) is 11.9. The first-order valence-corrected chi connectivity index (χ1v) is 8.31. The summed E-state index contributed by atoms with van der Waals surface area (Å²) in [6.45, 7) is -5.64. The van der Waals surface area contributed by atoms with Crippen molar-refractivity contribution >= 4 is 37.1 Å². The molecular weight excluding hydrogens is 270 g/mol. The summed E-state index contributed by atoms with van der Waals surface area (Å²) in [6, 6.07) is 0. The Hall–Kier alpha value is 1.06. The first-order valence-electron chi connectivity index (χ1n) is 3.13. The van der Waals surface area contributed by atoms with Gasteiger partial charge >= 0.3 is 13.4 Å². The molecule has 0 rings (SSSR count). The van der Waals surface area contributed by atoms with Crippen LogP contribution in [0.4, 0.5) is 0 Å². The Morgan fingerprint density at radius 2 is 0.857 bits per heavy atom. The fourth-order valence-electron chi connectivity index (χ4n) is 0.149. The maximum absolute atomic E-state index is 8.61. The molecule has 0 bridgehead atoms. The zero-order chi connectivity index (χ0) is 11.8. The van der Waals surface area contributed by atoms with Crippen molar-refractivity contribution in [3.05, 3.63) is 0 Å². The summed E-state index contributed by atoms with van der Waals surface area (Å²) in [5, 5.41) is 0. The summed E-state index contributed by atoms with van der Waals surface area (Å²) < 4.78 is 17.4. The predicted octanol–water partition coefficient (Wildman–Crippen LogP) is 0.992. The topological polar surface area (TPSA) is 77.4 Å². The Kier molecular flexibility index (Phi) is 10.3. The summed E-state index contributed by atoms with van der Waals surface area (Å²) in [4.78, 5) is 17.2. The van der Waals surface area contributed by atoms with Gasteiger partial charge in [0.05, 0.1) is 0 Å². The van der Waals surface area contributed by atoms with E-state index in [4.69, 9.17) is 9.79 Å². The van der Waals surface area contributed by atoms with E-state index in [0.29, 0.717) is 0 Å². The van der Waals surface area contributed by atoms with Gasteiger partial charge in [0.1, 0.15) is 0 Å². The molecule has 0 radical (unpaired) electrons. The lowest BCUT2D eigenvalue weighted by molar-refractivity contribution is 0.266. The Labute approximate surface area is 93.6 Å². The van der Waals surface area contributed by atoms with Crippen molar-refractivity contribution in [2.75, 3.05) is 28.4 Å². The Morgan fingerprint density at radius 3 is 0.857 bits per heavy atom. The van der Waals surface area contributed by atoms with Crippen molar-refractivity contribution in [2.24, 2.45) is 0 Å². The molecule has 10 heteroatoms. The molecule has 0 aromatic carbocycles. The van der Waals surface area contributed by atoms with Crippen molar-refractivity contribution < 1.29 is 27.9 Å². The molecule has 0 spiro atoms. The molecule has 0 aliphatic heterocycles. The van der Waals surface area contributed by atoms with Gasteiger partial charge in [-0.3, -0.25) is 0 Å². The quantitative estimate of drug-likeness (QED) is 0.740. The van der Waals surface area contributed by atoms with Crippen LogP contribution in [0.1, 0.15) is 0 Å². The third-order valence-corrected chi connectivity index (χ3v) is 4.56. The van der Waals surface area contributed by atoms with Crippen LogP contribution in [-0.2, 0) is 41.7 Å². The third kappa shape index (κ3) is 11.1. The standard InChI is InChI=1S/2C2H7O3PS/c2*1-4-6(3,7)5-2/h2*1-2H3,(H,3,7). The van der Waals surface area contributed by atoms with E-state index < -0.39 is 13.4 Å². The van der Waals surface area contributed by atoms with E-state index in [0.717, 1.165) is 0 Å². The van der Waals surface area contributed by atoms with Crippen LogP contribution in [0.2, 0.25) is 0 Å². The van der Waals surface area contributed by atoms with Crippen LogP contribution in [-0.4, -0.2) is 38.2 Å². The lowest BCUT2D eigenvalue weighted by Crippen LogP contribution is -1.82. The minimum Gasteiger partial charge on any atom is -0.324 e. The molecule has 0 unspecified atom stereocenters. The van der Waals surface area contributed by atoms with Gasteiger partial charge in [-0.15, -0.1) is 0 Å². The highest BCUT2D eigenvalue weighted by atomic mass is 32.5. The van der Waals surface area contributed by atoms with E-state index in [1.165, 1.54) is 28.4 Å². The maximum Gasteiger partial charge on any atom is 0.323 e. The van der Waals surface area contributed by atoms with Crippen LogP contribution in [0.3, 0.4) is 0 Å². The highest BCUT2D eigenvalue weighted by molar-refractivity contribution is 8.07. The summed E-state index contributed by atoms with van der Waals surface area (Å²) in [6.07, 6.45) is 0. The van der Waals surface area contributed by atoms with Crippen molar-refractivity contribution in [3.63, 3.8) is 0 Å². The summed E-state index contributed by atoms with van der Waals surface area (Å²) in [5.74, 6) is 0. The van der Waals surface area contributed by atoms with E-state index in [-0.39, 0.29) is 0 Å². The Morgan fingerprint density at radius 1 is 0.714 bits per heavy atom. The smallest absolute Gasteiger partial charge is 0.323 e. The number of rotatable bonds is 4. The van der Waals surface area contributed by atoms with Gasteiger partial charge in [0, 0.05) is 28.4 Å². The number of hydrogen-bond donors (Lipinski definition) is 2. The van der Waals surface area contributed by atoms with E-state index in [1.54, 1.807) is 0 Å². The van der Waals surface area contributed by atoms with Crippen molar-refractivity contribution in [2.45, 2.75) is 0 Å². The second-order valence-electron chi connectivity index (χ2n) is 1.67. The molecule has 0 atom stereocenters. The monoisotopic (exact) mass is 284 g/mol. The van der Waals surface area contributed by atoms with Gasteiger partial charge in [-0.2, -0.15) is 0 Å². The summed E-state index contributed by atoms with van der Waals surface area (Å²) in [7, 11) is 5.24. The van der Waals surface area contributed by atoms with Crippen molar-refractivity contribution in [1.82, 2.24) is 0 Å². The lowest BCUT2D eigenvalue weighted by atomic mass is 11.8. The maximum atomic E-state index is 8.61. The minimum atomic E-state index is -2.82. The van der Waals surface area contributed by atoms with E-state index in [9.17, 15) is 0 Å². The van der Waals surface area contributed by atoms with Crippen LogP contribution in [0, 0.1) is 0 Å². The molecular formula is C4H14O6P2S2. The fourth-order valence-corrected chi connectivity index (χ4v) is 0.447. The molecule has 0 amide bonds. The van der Waals surface area contributed by atoms with E-state index in [1.807, 2.05) is 0 Å². The molecule has 0 aromatic rings. The van der Waals surface area contributed by atoms with Gasteiger partial charge < -0.3 is 27.9 Å². The van der Waals surface area contributed by atoms with Gasteiger partial charge in [0.25, 0.3) is 0 Å². The Balaban J connectivity index is 0. The third-order valence-electron chi connectivity index (χ3n) is 0.923. The van der Waals surface area contributed by atoms with Gasteiger partial charge in [-0.05, 0) is 23.6 Å². The predicted molar refractivity (Wildman–Crippen MR) is 61.0 cm³/mol. The SMILES string of the molecule is COP(O)(=S)OC.COP(O)(=S)OC. The summed E-state index contributed by atoms with van der Waals surface area (Å²) in [5.41, 5.74) is 0. The first kappa shape index (κ1) is 17.5. The van der Waals surface area contributed by atoms with Gasteiger partial charge in [0.2, 0.25) is 0 Å². The largest absolute Gasteiger partial charge is 0.324 e. The van der Waals surface area contributed by atoms with Crippen molar-refractivity contribution in [1.29, 1.82) is 0 Å². The second kappa shape index (κ2) is 8.24. The molecule has 2 N–H and O–H groups in total. The molecule has 6 nitrogen and oxygen atoms in total. The Bertz CT molecular complexity index is 194. The molecule has 0 fully saturated rings. The molecule has 0 aliphatic rings. The van der Waals surface area contributed by atoms with Crippen molar-refractivity contribution in [3.8, 4) is 0 Å². The molecule has 0 aliphatic carbocycles. The van der Waals surface area contributed by atoms with Gasteiger partial charge in [0.15, 0.2) is 0 Å². The van der Waals surface area contributed by atoms with E-state index >= 15 is 0 Å². The van der Waals surface area contributed by atoms with Crippen LogP contribution in [0.5, 0.6) is 0 Å². The van der Waals surface area contributed by atoms with Crippen LogP contribution >= 0.6 is 13.4 Å². The average molecular weight is 284 g/mol. The molecule has 14 heavy (non-hydrogen) atoms. The molecule has 88 valence electrons. The minimum absolute atomic E-state index is 1.31. The average Bonchev–Trinajstić information content (AvgIpc) is 2.19. The second-order valence-corrected chi connectivity index (χ2v) is 7.77. The van der Waals surface area contributed by atoms with Crippen LogP contribution < -0.4 is 0 Å². The zero-order valence-corrected chi connectivity index (χ0v) is 11.7. The highest BCUT2D eigenvalue weighted by Crippen LogP contribution is 2.41. The van der Waals surface area contributed by atoms with Crippen LogP contribution in [0.15, 0.2) is 0 Å². The zero-order valence-electron chi connectivity index (χ0n) is 8.24. The van der Waals surface area contributed by atoms with Gasteiger partial charge in [-0.1, -0.05) is 0 Å². The van der Waals surface area contributed by atoms with Crippen LogP contribution in [0.25, 0.3) is 0 Å². The molecule has 0 heterocycles. The molecule has 0 saturated heterocycles. The molecule has 0 saturated carbocycles. The highest BCUT2D eigenvalue weighted by Gasteiger charge is 2.06. The fraction of sp³-hybridized carbons (Fsp3) is 1.00. The number of hydrogen-bond acceptors (Lipinski definition) is 6. The summed E-state index contributed by atoms with van der Waals surface area (Å²) >= 11 is 8.74. The molecule has 0 aromatic heterocycles. The first-order chi connectivity index (χ1) is 6.24. The van der Waals surface area contributed by atoms with E-state index in [2.05, 4.69) is 41.7 Å².